The van der Waals surface area contributed by atoms with Gasteiger partial charge >= 0.3 is 0 Å². The van der Waals surface area contributed by atoms with Crippen molar-refractivity contribution in [3.05, 3.63) is 24.5 Å². The number of carbonyl (C=O) groups is 1. The van der Waals surface area contributed by atoms with Gasteiger partial charge in [0.05, 0.1) is 6.20 Å². The lowest BCUT2D eigenvalue weighted by Gasteiger charge is -2.21. The second-order valence-electron chi connectivity index (χ2n) is 3.81. The third-order valence-electron chi connectivity index (χ3n) is 2.37. The summed E-state index contributed by atoms with van der Waals surface area (Å²) < 4.78 is 5.50. The summed E-state index contributed by atoms with van der Waals surface area (Å²) >= 11 is 0. The van der Waals surface area contributed by atoms with E-state index in [1.165, 1.54) is 0 Å². The lowest BCUT2D eigenvalue weighted by molar-refractivity contribution is -0.136. The Hall–Kier alpha value is -1.04. The van der Waals surface area contributed by atoms with Crippen LogP contribution in [0, 0.1) is 0 Å². The fourth-order valence-electron chi connectivity index (χ4n) is 1.37. The molecule has 1 unspecified atom stereocenters. The van der Waals surface area contributed by atoms with Gasteiger partial charge in [-0.1, -0.05) is 0 Å². The summed E-state index contributed by atoms with van der Waals surface area (Å²) in [6.07, 6.45) is 2.76. The van der Waals surface area contributed by atoms with E-state index in [1.54, 1.807) is 43.4 Å². The molecule has 0 radical (unpaired) electrons. The first-order chi connectivity index (χ1) is 8.15. The molecule has 0 aliphatic carbocycles. The quantitative estimate of drug-likeness (QED) is 0.862. The van der Waals surface area contributed by atoms with Gasteiger partial charge in [0.2, 0.25) is 0 Å². The average Bonchev–Trinajstić information content (AvgIpc) is 2.36. The fourth-order valence-corrected chi connectivity index (χ4v) is 1.37. The van der Waals surface area contributed by atoms with Gasteiger partial charge < -0.3 is 15.0 Å². The molecule has 1 amide bonds. The van der Waals surface area contributed by atoms with E-state index >= 15 is 0 Å². The van der Waals surface area contributed by atoms with E-state index in [0.29, 0.717) is 12.3 Å². The van der Waals surface area contributed by atoms with Crippen LogP contribution >= 0.6 is 24.8 Å². The van der Waals surface area contributed by atoms with E-state index in [2.05, 4.69) is 10.3 Å². The standard InChI is InChI=1S/C12H19N3O2.2ClH/c1-10(12(16)15(3)8-7-13-2)17-11-5-4-6-14-9-11;;/h4-6,9-10,13H,7-8H2,1-3H3;2*1H. The molecule has 1 N–H and O–H groups in total. The summed E-state index contributed by atoms with van der Waals surface area (Å²) in [5.41, 5.74) is 0. The summed E-state index contributed by atoms with van der Waals surface area (Å²) in [5.74, 6) is 0.569. The number of hydrogen-bond donors (Lipinski definition) is 1. The number of nitrogens with zero attached hydrogens (tertiary/aromatic N) is 2. The highest BCUT2D eigenvalue weighted by Gasteiger charge is 2.18. The second-order valence-corrected chi connectivity index (χ2v) is 3.81. The Kier molecular flexibility index (Phi) is 11.6. The smallest absolute Gasteiger partial charge is 0.263 e. The minimum atomic E-state index is -0.499. The largest absolute Gasteiger partial charge is 0.479 e. The number of nitrogens with one attached hydrogen (secondary N) is 1. The maximum atomic E-state index is 11.9. The predicted octanol–water partition coefficient (Wildman–Crippen LogP) is 1.37. The highest BCUT2D eigenvalue weighted by atomic mass is 35.5. The lowest BCUT2D eigenvalue weighted by atomic mass is 10.3. The molecule has 0 aliphatic heterocycles. The van der Waals surface area contributed by atoms with E-state index in [4.69, 9.17) is 4.74 Å². The third kappa shape index (κ3) is 7.20. The molecule has 0 saturated heterocycles. The van der Waals surface area contributed by atoms with Gasteiger partial charge in [0.1, 0.15) is 5.75 Å². The molecular formula is C12H21Cl2N3O2. The average molecular weight is 310 g/mol. The van der Waals surface area contributed by atoms with Crippen molar-refractivity contribution in [2.75, 3.05) is 27.2 Å². The van der Waals surface area contributed by atoms with Crippen molar-refractivity contribution in [1.29, 1.82) is 0 Å². The van der Waals surface area contributed by atoms with Crippen LogP contribution < -0.4 is 10.1 Å². The first kappa shape index (κ1) is 20.3. The van der Waals surface area contributed by atoms with Gasteiger partial charge in [0, 0.05) is 26.3 Å². The topological polar surface area (TPSA) is 54.5 Å². The van der Waals surface area contributed by atoms with Crippen LogP contribution in [0.25, 0.3) is 0 Å². The molecule has 5 nitrogen and oxygen atoms in total. The van der Waals surface area contributed by atoms with Gasteiger partial charge in [0.25, 0.3) is 5.91 Å². The normalized spacial score (nSPS) is 10.7. The molecule has 7 heteroatoms. The molecule has 0 aromatic carbocycles. The van der Waals surface area contributed by atoms with E-state index in [9.17, 15) is 4.79 Å². The number of rotatable bonds is 6. The molecule has 1 atom stereocenters. The van der Waals surface area contributed by atoms with Crippen molar-refractivity contribution >= 4 is 30.7 Å². The molecule has 0 fully saturated rings. The number of halogens is 2. The van der Waals surface area contributed by atoms with Crippen molar-refractivity contribution < 1.29 is 9.53 Å². The summed E-state index contributed by atoms with van der Waals surface area (Å²) in [6.45, 7) is 3.17. The summed E-state index contributed by atoms with van der Waals surface area (Å²) in [6, 6.07) is 3.56. The Morgan fingerprint density at radius 3 is 2.74 bits per heavy atom. The minimum absolute atomic E-state index is 0. The third-order valence-corrected chi connectivity index (χ3v) is 2.37. The van der Waals surface area contributed by atoms with Crippen LogP contribution in [0.1, 0.15) is 6.92 Å². The number of hydrogen-bond acceptors (Lipinski definition) is 4. The number of carbonyl (C=O) groups excluding carboxylic acids is 1. The molecular weight excluding hydrogens is 289 g/mol. The van der Waals surface area contributed by atoms with E-state index < -0.39 is 6.10 Å². The molecule has 1 rings (SSSR count). The summed E-state index contributed by atoms with van der Waals surface area (Å²) in [7, 11) is 3.62. The van der Waals surface area contributed by atoms with Crippen molar-refractivity contribution in [2.24, 2.45) is 0 Å². The van der Waals surface area contributed by atoms with Gasteiger partial charge in [0.15, 0.2) is 6.10 Å². The predicted molar refractivity (Wildman–Crippen MR) is 80.4 cm³/mol. The summed E-state index contributed by atoms with van der Waals surface area (Å²) in [4.78, 5) is 17.5. The van der Waals surface area contributed by atoms with Crippen LogP contribution in [-0.4, -0.2) is 49.1 Å². The molecule has 0 aliphatic rings. The van der Waals surface area contributed by atoms with Crippen LogP contribution in [-0.2, 0) is 4.79 Å². The van der Waals surface area contributed by atoms with Gasteiger partial charge in [-0.15, -0.1) is 24.8 Å². The molecule has 0 saturated carbocycles. The van der Waals surface area contributed by atoms with Gasteiger partial charge in [-0.3, -0.25) is 9.78 Å². The van der Waals surface area contributed by atoms with Crippen LogP contribution in [0.2, 0.25) is 0 Å². The van der Waals surface area contributed by atoms with Crippen LogP contribution in [0.3, 0.4) is 0 Å². The lowest BCUT2D eigenvalue weighted by Crippen LogP contribution is -2.40. The number of ether oxygens (including phenoxy) is 1. The number of aromatic nitrogens is 1. The van der Waals surface area contributed by atoms with E-state index in [0.717, 1.165) is 6.54 Å². The van der Waals surface area contributed by atoms with Crippen LogP contribution in [0.15, 0.2) is 24.5 Å². The van der Waals surface area contributed by atoms with Crippen LogP contribution in [0.5, 0.6) is 5.75 Å². The van der Waals surface area contributed by atoms with Crippen LogP contribution in [0.4, 0.5) is 0 Å². The zero-order chi connectivity index (χ0) is 12.7. The second kappa shape index (κ2) is 10.8. The van der Waals surface area contributed by atoms with Crippen molar-refractivity contribution in [1.82, 2.24) is 15.2 Å². The Morgan fingerprint density at radius 2 is 2.21 bits per heavy atom. The monoisotopic (exact) mass is 309 g/mol. The number of amides is 1. The SMILES string of the molecule is CNCCN(C)C(=O)C(C)Oc1cccnc1.Cl.Cl. The summed E-state index contributed by atoms with van der Waals surface area (Å²) in [5, 5.41) is 3.00. The van der Waals surface area contributed by atoms with Gasteiger partial charge in [-0.25, -0.2) is 0 Å². The molecule has 110 valence electrons. The highest BCUT2D eigenvalue weighted by Crippen LogP contribution is 2.09. The van der Waals surface area contributed by atoms with Crippen molar-refractivity contribution in [2.45, 2.75) is 13.0 Å². The van der Waals surface area contributed by atoms with Gasteiger partial charge in [-0.2, -0.15) is 0 Å². The maximum Gasteiger partial charge on any atom is 0.263 e. The Balaban J connectivity index is 0. The Bertz CT molecular complexity index is 352. The maximum absolute atomic E-state index is 11.9. The van der Waals surface area contributed by atoms with E-state index in [1.807, 2.05) is 7.05 Å². The zero-order valence-corrected chi connectivity index (χ0v) is 13.0. The van der Waals surface area contributed by atoms with Crippen molar-refractivity contribution in [3.8, 4) is 5.75 Å². The Morgan fingerprint density at radius 1 is 1.53 bits per heavy atom. The fraction of sp³-hybridized carbons (Fsp3) is 0.500. The number of likely N-dealkylation sites (N-methyl/N-ethyl adjacent to an activating group) is 2. The van der Waals surface area contributed by atoms with Crippen molar-refractivity contribution in [3.63, 3.8) is 0 Å². The first-order valence-electron chi connectivity index (χ1n) is 5.61. The first-order valence-corrected chi connectivity index (χ1v) is 5.61. The van der Waals surface area contributed by atoms with E-state index in [-0.39, 0.29) is 30.7 Å². The number of pyridine rings is 1. The molecule has 0 bridgehead atoms. The molecule has 1 aromatic heterocycles. The Labute approximate surface area is 126 Å². The zero-order valence-electron chi connectivity index (χ0n) is 11.3. The highest BCUT2D eigenvalue weighted by molar-refractivity contribution is 5.85. The molecule has 19 heavy (non-hydrogen) atoms. The molecule has 1 aromatic rings. The molecule has 0 spiro atoms. The molecule has 1 heterocycles. The minimum Gasteiger partial charge on any atom is -0.479 e. The van der Waals surface area contributed by atoms with Gasteiger partial charge in [-0.05, 0) is 26.1 Å².